The van der Waals surface area contributed by atoms with E-state index in [1.165, 1.54) is 24.3 Å². The van der Waals surface area contributed by atoms with Gasteiger partial charge in [-0.15, -0.1) is 0 Å². The highest BCUT2D eigenvalue weighted by molar-refractivity contribution is 5.94. The first kappa shape index (κ1) is 20.2. The minimum Gasteiger partial charge on any atom is -0.496 e. The van der Waals surface area contributed by atoms with Crippen LogP contribution in [0.4, 0.5) is 14.5 Å². The molecule has 1 aliphatic rings. The summed E-state index contributed by atoms with van der Waals surface area (Å²) in [6.07, 6.45) is 0. The number of carbonyl (C=O) groups excluding carboxylic acids is 1. The van der Waals surface area contributed by atoms with Gasteiger partial charge in [0.2, 0.25) is 5.91 Å². The highest BCUT2D eigenvalue weighted by Gasteiger charge is 2.26. The number of ether oxygens (including phenoxy) is 1. The van der Waals surface area contributed by atoms with Crippen LogP contribution in [0, 0.1) is 11.6 Å². The summed E-state index contributed by atoms with van der Waals surface area (Å²) in [5, 5.41) is 2.82. The summed E-state index contributed by atoms with van der Waals surface area (Å²) < 4.78 is 31.8. The van der Waals surface area contributed by atoms with Gasteiger partial charge in [0.1, 0.15) is 17.4 Å². The van der Waals surface area contributed by atoms with Gasteiger partial charge in [0, 0.05) is 44.0 Å². The Hall–Kier alpha value is -2.51. The van der Waals surface area contributed by atoms with Crippen LogP contribution in [0.1, 0.15) is 12.5 Å². The molecule has 1 aliphatic heterocycles. The van der Waals surface area contributed by atoms with Crippen molar-refractivity contribution in [2.45, 2.75) is 19.5 Å². The smallest absolute Gasteiger partial charge is 0.241 e. The first-order chi connectivity index (χ1) is 13.5. The molecule has 2 aromatic carbocycles. The molecular formula is C21H25F2N3O2. The number of piperazine rings is 1. The number of amides is 1. The van der Waals surface area contributed by atoms with E-state index in [9.17, 15) is 13.6 Å². The molecule has 150 valence electrons. The molecule has 0 aliphatic carbocycles. The quantitative estimate of drug-likeness (QED) is 0.825. The van der Waals surface area contributed by atoms with E-state index in [0.717, 1.165) is 31.7 Å². The van der Waals surface area contributed by atoms with Gasteiger partial charge in [-0.25, -0.2) is 8.78 Å². The minimum absolute atomic E-state index is 0.119. The summed E-state index contributed by atoms with van der Waals surface area (Å²) in [5.41, 5.74) is 1.40. The van der Waals surface area contributed by atoms with Crippen molar-refractivity contribution in [3.05, 3.63) is 59.7 Å². The van der Waals surface area contributed by atoms with Crippen LogP contribution in [-0.4, -0.2) is 55.0 Å². The van der Waals surface area contributed by atoms with Crippen LogP contribution >= 0.6 is 0 Å². The van der Waals surface area contributed by atoms with Crippen LogP contribution in [0.25, 0.3) is 0 Å². The van der Waals surface area contributed by atoms with Crippen molar-refractivity contribution in [3.63, 3.8) is 0 Å². The molecule has 1 saturated heterocycles. The molecule has 1 atom stereocenters. The molecule has 0 saturated carbocycles. The number of nitrogens with one attached hydrogen (secondary N) is 1. The Balaban J connectivity index is 1.52. The van der Waals surface area contributed by atoms with Gasteiger partial charge in [-0.1, -0.05) is 0 Å². The van der Waals surface area contributed by atoms with Crippen molar-refractivity contribution in [2.24, 2.45) is 0 Å². The molecule has 1 N–H and O–H groups in total. The van der Waals surface area contributed by atoms with Crippen molar-refractivity contribution < 1.29 is 18.3 Å². The van der Waals surface area contributed by atoms with Crippen LogP contribution in [0.2, 0.25) is 0 Å². The van der Waals surface area contributed by atoms with Gasteiger partial charge in [-0.2, -0.15) is 0 Å². The first-order valence-corrected chi connectivity index (χ1v) is 9.31. The fourth-order valence-electron chi connectivity index (χ4n) is 3.37. The topological polar surface area (TPSA) is 44.8 Å². The van der Waals surface area contributed by atoms with Gasteiger partial charge in [0.05, 0.1) is 13.2 Å². The molecule has 0 radical (unpaired) electrons. The van der Waals surface area contributed by atoms with E-state index in [-0.39, 0.29) is 23.6 Å². The summed E-state index contributed by atoms with van der Waals surface area (Å²) in [6, 6.07) is 9.97. The fourth-order valence-corrected chi connectivity index (χ4v) is 3.37. The molecule has 0 spiro atoms. The highest BCUT2D eigenvalue weighted by atomic mass is 19.1. The van der Waals surface area contributed by atoms with E-state index in [4.69, 9.17) is 4.74 Å². The normalized spacial score (nSPS) is 16.6. The lowest BCUT2D eigenvalue weighted by Gasteiger charge is -2.37. The predicted molar refractivity (Wildman–Crippen MR) is 104 cm³/mol. The number of nitrogens with zero attached hydrogens (tertiary/aromatic N) is 2. The Labute approximate surface area is 163 Å². The Kier molecular flexibility index (Phi) is 6.59. The van der Waals surface area contributed by atoms with Crippen molar-refractivity contribution >= 4 is 11.6 Å². The Morgan fingerprint density at radius 2 is 1.71 bits per heavy atom. The summed E-state index contributed by atoms with van der Waals surface area (Å²) in [4.78, 5) is 16.8. The molecule has 0 aromatic heterocycles. The number of carbonyl (C=O) groups is 1. The lowest BCUT2D eigenvalue weighted by Crippen LogP contribution is -2.52. The first-order valence-electron chi connectivity index (χ1n) is 9.31. The van der Waals surface area contributed by atoms with Crippen molar-refractivity contribution in [1.29, 1.82) is 0 Å². The van der Waals surface area contributed by atoms with E-state index in [1.54, 1.807) is 25.3 Å². The number of hydrogen-bond acceptors (Lipinski definition) is 4. The van der Waals surface area contributed by atoms with Crippen LogP contribution in [0.5, 0.6) is 5.75 Å². The van der Waals surface area contributed by atoms with Gasteiger partial charge in [0.15, 0.2) is 0 Å². The fraction of sp³-hybridized carbons (Fsp3) is 0.381. The van der Waals surface area contributed by atoms with E-state index in [0.29, 0.717) is 18.0 Å². The van der Waals surface area contributed by atoms with E-state index in [2.05, 4.69) is 15.1 Å². The Morgan fingerprint density at radius 1 is 1.07 bits per heavy atom. The van der Waals surface area contributed by atoms with Gasteiger partial charge in [-0.05, 0) is 49.4 Å². The molecular weight excluding hydrogens is 364 g/mol. The summed E-state index contributed by atoms with van der Waals surface area (Å²) in [5.74, 6) is -0.0552. The van der Waals surface area contributed by atoms with Crippen LogP contribution in [0.15, 0.2) is 42.5 Å². The van der Waals surface area contributed by atoms with E-state index < -0.39 is 0 Å². The van der Waals surface area contributed by atoms with Crippen molar-refractivity contribution in [1.82, 2.24) is 9.80 Å². The maximum Gasteiger partial charge on any atom is 0.241 e. The Bertz CT molecular complexity index is 806. The summed E-state index contributed by atoms with van der Waals surface area (Å²) in [6.45, 7) is 5.47. The predicted octanol–water partition coefficient (Wildman–Crippen LogP) is 3.12. The molecule has 28 heavy (non-hydrogen) atoms. The number of benzene rings is 2. The zero-order valence-electron chi connectivity index (χ0n) is 16.1. The molecule has 0 bridgehead atoms. The lowest BCUT2D eigenvalue weighted by atomic mass is 10.1. The van der Waals surface area contributed by atoms with E-state index >= 15 is 0 Å². The van der Waals surface area contributed by atoms with Gasteiger partial charge in [-0.3, -0.25) is 14.6 Å². The SMILES string of the molecule is COc1ccc(F)cc1CN1CCN([C@H](C)C(=O)Nc2ccc(F)cc2)CC1. The minimum atomic E-state index is -0.336. The standard InChI is InChI=1S/C21H25F2N3O2/c1-15(21(27)24-19-6-3-17(22)4-7-19)26-11-9-25(10-12-26)14-16-13-18(23)5-8-20(16)28-2/h3-8,13,15H,9-12,14H2,1-2H3,(H,24,27)/t15-/m1/s1. The zero-order chi connectivity index (χ0) is 20.1. The third-order valence-electron chi connectivity index (χ3n) is 5.08. The Morgan fingerprint density at radius 3 is 2.36 bits per heavy atom. The molecule has 0 unspecified atom stereocenters. The number of rotatable bonds is 6. The number of hydrogen-bond donors (Lipinski definition) is 1. The van der Waals surface area contributed by atoms with Gasteiger partial charge < -0.3 is 10.1 Å². The number of methoxy groups -OCH3 is 1. The average Bonchev–Trinajstić information content (AvgIpc) is 2.70. The second kappa shape index (κ2) is 9.12. The van der Waals surface area contributed by atoms with Gasteiger partial charge in [0.25, 0.3) is 0 Å². The molecule has 3 rings (SSSR count). The molecule has 7 heteroatoms. The third-order valence-corrected chi connectivity index (χ3v) is 5.08. The zero-order valence-corrected chi connectivity index (χ0v) is 16.1. The van der Waals surface area contributed by atoms with Crippen LogP contribution < -0.4 is 10.1 Å². The lowest BCUT2D eigenvalue weighted by molar-refractivity contribution is -0.121. The monoisotopic (exact) mass is 389 g/mol. The number of anilines is 1. The van der Waals surface area contributed by atoms with E-state index in [1.807, 2.05) is 6.92 Å². The van der Waals surface area contributed by atoms with Crippen LogP contribution in [0.3, 0.4) is 0 Å². The summed E-state index contributed by atoms with van der Waals surface area (Å²) in [7, 11) is 1.58. The third kappa shape index (κ3) is 5.05. The number of halogens is 2. The maximum absolute atomic E-state index is 13.5. The largest absolute Gasteiger partial charge is 0.496 e. The molecule has 5 nitrogen and oxygen atoms in total. The maximum atomic E-state index is 13.5. The summed E-state index contributed by atoms with van der Waals surface area (Å²) >= 11 is 0. The molecule has 1 amide bonds. The van der Waals surface area contributed by atoms with Crippen molar-refractivity contribution in [2.75, 3.05) is 38.6 Å². The average molecular weight is 389 g/mol. The van der Waals surface area contributed by atoms with Crippen LogP contribution in [-0.2, 0) is 11.3 Å². The second-order valence-electron chi connectivity index (χ2n) is 6.94. The molecule has 1 fully saturated rings. The highest BCUT2D eigenvalue weighted by Crippen LogP contribution is 2.22. The van der Waals surface area contributed by atoms with Crippen molar-refractivity contribution in [3.8, 4) is 5.75 Å². The second-order valence-corrected chi connectivity index (χ2v) is 6.94. The van der Waals surface area contributed by atoms with Gasteiger partial charge >= 0.3 is 0 Å². The molecule has 1 heterocycles. The molecule has 2 aromatic rings.